The van der Waals surface area contributed by atoms with Gasteiger partial charge in [-0.15, -0.1) is 0 Å². The van der Waals surface area contributed by atoms with E-state index in [1.807, 2.05) is 6.07 Å². The van der Waals surface area contributed by atoms with Crippen molar-refractivity contribution < 1.29 is 4.74 Å². The van der Waals surface area contributed by atoms with E-state index in [4.69, 9.17) is 22.1 Å². The van der Waals surface area contributed by atoms with E-state index in [9.17, 15) is 0 Å². The number of halogens is 1. The molecule has 2 atom stereocenters. The highest BCUT2D eigenvalue weighted by atomic mass is 35.5. The number of hydrogen-bond donors (Lipinski definition) is 2. The van der Waals surface area contributed by atoms with Crippen LogP contribution >= 0.6 is 11.6 Å². The van der Waals surface area contributed by atoms with Gasteiger partial charge in [-0.3, -0.25) is 0 Å². The van der Waals surface area contributed by atoms with Crippen LogP contribution in [0.2, 0.25) is 5.02 Å². The molecule has 3 N–H and O–H groups in total. The molecule has 0 aromatic carbocycles. The normalized spacial score (nSPS) is 14.4. The van der Waals surface area contributed by atoms with E-state index in [1.54, 1.807) is 13.3 Å². The minimum Gasteiger partial charge on any atom is -0.383 e. The summed E-state index contributed by atoms with van der Waals surface area (Å²) in [5.74, 6) is 0.503. The Balaban J connectivity index is 3.05. The van der Waals surface area contributed by atoms with Crippen LogP contribution in [0.25, 0.3) is 0 Å². The summed E-state index contributed by atoms with van der Waals surface area (Å²) in [4.78, 5) is 4.11. The van der Waals surface area contributed by atoms with E-state index in [-0.39, 0.29) is 12.1 Å². The lowest BCUT2D eigenvalue weighted by Crippen LogP contribution is -2.34. The molecule has 2 unspecified atom stereocenters. The molecule has 0 aliphatic rings. The first-order valence-corrected chi connectivity index (χ1v) is 6.68. The highest BCUT2D eigenvalue weighted by molar-refractivity contribution is 6.30. The van der Waals surface area contributed by atoms with E-state index in [1.165, 1.54) is 0 Å². The number of nitrogens with two attached hydrogens (primary N) is 1. The van der Waals surface area contributed by atoms with E-state index in [2.05, 4.69) is 24.1 Å². The maximum absolute atomic E-state index is 6.00. The first-order valence-electron chi connectivity index (χ1n) is 6.31. The van der Waals surface area contributed by atoms with Crippen LogP contribution in [0.4, 0.5) is 5.82 Å². The lowest BCUT2D eigenvalue weighted by molar-refractivity contribution is 0.0612. The summed E-state index contributed by atoms with van der Waals surface area (Å²) in [6.07, 6.45) is 3.64. The van der Waals surface area contributed by atoms with Gasteiger partial charge in [-0.2, -0.15) is 0 Å². The quantitative estimate of drug-likeness (QED) is 0.801. The van der Waals surface area contributed by atoms with E-state index in [0.29, 0.717) is 10.8 Å². The summed E-state index contributed by atoms with van der Waals surface area (Å²) in [5.41, 5.74) is 6.85. The zero-order valence-corrected chi connectivity index (χ0v) is 12.0. The van der Waals surface area contributed by atoms with Gasteiger partial charge in [0.15, 0.2) is 0 Å². The van der Waals surface area contributed by atoms with Crippen molar-refractivity contribution in [3.8, 4) is 0 Å². The van der Waals surface area contributed by atoms with Gasteiger partial charge in [-0.05, 0) is 19.0 Å². The number of nitrogens with one attached hydrogen (secondary N) is 1. The fourth-order valence-electron chi connectivity index (χ4n) is 2.08. The second kappa shape index (κ2) is 7.56. The molecule has 1 aromatic heterocycles. The molecule has 102 valence electrons. The number of methoxy groups -OCH3 is 1. The summed E-state index contributed by atoms with van der Waals surface area (Å²) in [7, 11) is 1.72. The molecule has 1 aromatic rings. The number of rotatable bonds is 7. The van der Waals surface area contributed by atoms with Crippen molar-refractivity contribution in [2.75, 3.05) is 19.4 Å². The molecule has 1 heterocycles. The third-order valence-electron chi connectivity index (χ3n) is 2.92. The lowest BCUT2D eigenvalue weighted by atomic mass is 9.98. The Labute approximate surface area is 114 Å². The largest absolute Gasteiger partial charge is 0.383 e. The van der Waals surface area contributed by atoms with Gasteiger partial charge in [0.05, 0.1) is 17.2 Å². The molecule has 0 saturated carbocycles. The van der Waals surface area contributed by atoms with Gasteiger partial charge in [0.25, 0.3) is 0 Å². The van der Waals surface area contributed by atoms with Gasteiger partial charge in [0.2, 0.25) is 0 Å². The van der Waals surface area contributed by atoms with Crippen LogP contribution in [-0.2, 0) is 4.74 Å². The maximum atomic E-state index is 6.00. The van der Waals surface area contributed by atoms with Crippen molar-refractivity contribution in [1.82, 2.24) is 10.3 Å². The predicted octanol–water partition coefficient (Wildman–Crippen LogP) is 2.78. The van der Waals surface area contributed by atoms with Gasteiger partial charge in [-0.25, -0.2) is 4.98 Å². The number of likely N-dealkylation sites (N-methyl/N-ethyl adjacent to an activating group) is 1. The second-order valence-electron chi connectivity index (χ2n) is 4.23. The Kier molecular flexibility index (Phi) is 6.39. The Morgan fingerprint density at radius 3 is 2.78 bits per heavy atom. The summed E-state index contributed by atoms with van der Waals surface area (Å²) < 4.78 is 5.57. The molecule has 0 aliphatic carbocycles. The van der Waals surface area contributed by atoms with Gasteiger partial charge in [0, 0.05) is 18.9 Å². The van der Waals surface area contributed by atoms with E-state index >= 15 is 0 Å². The van der Waals surface area contributed by atoms with Crippen LogP contribution in [0.3, 0.4) is 0 Å². The van der Waals surface area contributed by atoms with Gasteiger partial charge >= 0.3 is 0 Å². The number of nitrogen functional groups attached to an aromatic ring is 1. The predicted molar refractivity (Wildman–Crippen MR) is 75.8 cm³/mol. The monoisotopic (exact) mass is 271 g/mol. The molecule has 0 amide bonds. The second-order valence-corrected chi connectivity index (χ2v) is 4.66. The van der Waals surface area contributed by atoms with Crippen molar-refractivity contribution in [2.24, 2.45) is 0 Å². The molecule has 0 spiro atoms. The van der Waals surface area contributed by atoms with E-state index < -0.39 is 0 Å². The average molecular weight is 272 g/mol. The minimum absolute atomic E-state index is 0.0196. The van der Waals surface area contributed by atoms with Crippen LogP contribution < -0.4 is 11.1 Å². The number of hydrogen-bond acceptors (Lipinski definition) is 4. The Hall–Kier alpha value is -0.840. The molecule has 4 nitrogen and oxygen atoms in total. The van der Waals surface area contributed by atoms with Crippen molar-refractivity contribution in [3.63, 3.8) is 0 Å². The fourth-order valence-corrected chi connectivity index (χ4v) is 2.25. The average Bonchev–Trinajstić information content (AvgIpc) is 2.37. The topological polar surface area (TPSA) is 60.2 Å². The van der Waals surface area contributed by atoms with Crippen LogP contribution in [-0.4, -0.2) is 24.7 Å². The molecule has 5 heteroatoms. The van der Waals surface area contributed by atoms with E-state index in [0.717, 1.165) is 24.9 Å². The van der Waals surface area contributed by atoms with Gasteiger partial charge < -0.3 is 15.8 Å². The fraction of sp³-hybridized carbons (Fsp3) is 0.615. The molecular formula is C13H22ClN3O. The smallest absolute Gasteiger partial charge is 0.128 e. The third kappa shape index (κ3) is 3.83. The Morgan fingerprint density at radius 1 is 1.50 bits per heavy atom. The zero-order valence-electron chi connectivity index (χ0n) is 11.2. The van der Waals surface area contributed by atoms with Crippen LogP contribution in [0.15, 0.2) is 12.3 Å². The van der Waals surface area contributed by atoms with Gasteiger partial charge in [-0.1, -0.05) is 31.9 Å². The molecule has 1 rings (SSSR count). The Bertz CT molecular complexity index is 373. The molecule has 0 saturated heterocycles. The summed E-state index contributed by atoms with van der Waals surface area (Å²) in [6.45, 7) is 5.02. The van der Waals surface area contributed by atoms with Crippen molar-refractivity contribution in [1.29, 1.82) is 0 Å². The molecular weight excluding hydrogens is 250 g/mol. The van der Waals surface area contributed by atoms with Crippen molar-refractivity contribution in [3.05, 3.63) is 22.8 Å². The number of aromatic nitrogens is 1. The van der Waals surface area contributed by atoms with Crippen molar-refractivity contribution >= 4 is 17.4 Å². The first-order chi connectivity index (χ1) is 8.63. The summed E-state index contributed by atoms with van der Waals surface area (Å²) >= 11 is 6.00. The summed E-state index contributed by atoms with van der Waals surface area (Å²) in [6, 6.07) is 1.88. The minimum atomic E-state index is 0.0196. The van der Waals surface area contributed by atoms with Crippen LogP contribution in [0.1, 0.15) is 38.3 Å². The molecule has 0 radical (unpaired) electrons. The molecule has 0 bridgehead atoms. The molecule has 18 heavy (non-hydrogen) atoms. The highest BCUT2D eigenvalue weighted by Gasteiger charge is 2.24. The Morgan fingerprint density at radius 2 is 2.22 bits per heavy atom. The molecule has 0 aliphatic heterocycles. The van der Waals surface area contributed by atoms with Crippen molar-refractivity contribution in [2.45, 2.75) is 38.8 Å². The van der Waals surface area contributed by atoms with Crippen LogP contribution in [0, 0.1) is 0 Å². The zero-order chi connectivity index (χ0) is 13.5. The van der Waals surface area contributed by atoms with Crippen LogP contribution in [0.5, 0.6) is 0 Å². The number of nitrogens with zero attached hydrogens (tertiary/aromatic N) is 1. The standard InChI is InChI=1S/C13H22ClN3O/c1-4-6-11(18-3)12(16-5-2)10-7-9(14)8-17-13(10)15/h7-8,11-12,16H,4-6H2,1-3H3,(H2,15,17). The third-order valence-corrected chi connectivity index (χ3v) is 3.13. The highest BCUT2D eigenvalue weighted by Crippen LogP contribution is 2.27. The number of pyridine rings is 1. The lowest BCUT2D eigenvalue weighted by Gasteiger charge is -2.27. The SMILES string of the molecule is CCCC(OC)C(NCC)c1cc(Cl)cnc1N. The molecule has 0 fully saturated rings. The first kappa shape index (κ1) is 15.2. The number of ether oxygens (including phenoxy) is 1. The van der Waals surface area contributed by atoms with Gasteiger partial charge in [0.1, 0.15) is 5.82 Å². The number of anilines is 1. The maximum Gasteiger partial charge on any atom is 0.128 e. The summed E-state index contributed by atoms with van der Waals surface area (Å²) in [5, 5.41) is 3.99.